The van der Waals surface area contributed by atoms with Gasteiger partial charge in [-0.25, -0.2) is 23.6 Å². The molecular formula is C10H14F3N3. The standard InChI is InChI=1S/C10H14F3N3/c1-16(2)15-9(5-14)6-3-7(11)10(13)8(12)4-6/h3-4,9,15H,5,14H2,1-2H3. The van der Waals surface area contributed by atoms with Crippen LogP contribution in [0.5, 0.6) is 0 Å². The summed E-state index contributed by atoms with van der Waals surface area (Å²) in [5.41, 5.74) is 8.61. The molecule has 0 saturated carbocycles. The molecule has 0 saturated heterocycles. The summed E-state index contributed by atoms with van der Waals surface area (Å²) < 4.78 is 38.7. The molecule has 0 bridgehead atoms. The Bertz CT molecular complexity index is 345. The monoisotopic (exact) mass is 233 g/mol. The number of benzene rings is 1. The van der Waals surface area contributed by atoms with Gasteiger partial charge < -0.3 is 5.73 Å². The fraction of sp³-hybridized carbons (Fsp3) is 0.400. The van der Waals surface area contributed by atoms with Crippen LogP contribution in [0.15, 0.2) is 12.1 Å². The average molecular weight is 233 g/mol. The highest BCUT2D eigenvalue weighted by molar-refractivity contribution is 5.22. The minimum Gasteiger partial charge on any atom is -0.329 e. The van der Waals surface area contributed by atoms with E-state index in [0.717, 1.165) is 12.1 Å². The SMILES string of the molecule is CN(C)NC(CN)c1cc(F)c(F)c(F)c1. The van der Waals surface area contributed by atoms with E-state index in [2.05, 4.69) is 5.43 Å². The molecule has 3 nitrogen and oxygen atoms in total. The van der Waals surface area contributed by atoms with Crippen molar-refractivity contribution in [1.29, 1.82) is 0 Å². The van der Waals surface area contributed by atoms with E-state index >= 15 is 0 Å². The third kappa shape index (κ3) is 2.94. The molecule has 1 atom stereocenters. The number of nitrogens with two attached hydrogens (primary N) is 1. The lowest BCUT2D eigenvalue weighted by Crippen LogP contribution is -2.38. The number of hydrazine groups is 1. The molecule has 0 heterocycles. The Labute approximate surface area is 92.0 Å². The minimum absolute atomic E-state index is 0.142. The number of rotatable bonds is 4. The quantitative estimate of drug-likeness (QED) is 0.606. The lowest BCUT2D eigenvalue weighted by atomic mass is 10.1. The van der Waals surface area contributed by atoms with Crippen LogP contribution in [-0.4, -0.2) is 25.6 Å². The van der Waals surface area contributed by atoms with Crippen LogP contribution in [0.1, 0.15) is 11.6 Å². The van der Waals surface area contributed by atoms with Gasteiger partial charge in [0.05, 0.1) is 6.04 Å². The third-order valence-electron chi connectivity index (χ3n) is 2.06. The second-order valence-corrected chi connectivity index (χ2v) is 3.61. The molecular weight excluding hydrogens is 219 g/mol. The van der Waals surface area contributed by atoms with Gasteiger partial charge in [0.25, 0.3) is 0 Å². The highest BCUT2D eigenvalue weighted by Gasteiger charge is 2.16. The summed E-state index contributed by atoms with van der Waals surface area (Å²) in [5.74, 6) is -3.90. The van der Waals surface area contributed by atoms with E-state index in [0.29, 0.717) is 0 Å². The summed E-state index contributed by atoms with van der Waals surface area (Å²) in [6, 6.07) is 1.42. The van der Waals surface area contributed by atoms with E-state index in [1.165, 1.54) is 0 Å². The summed E-state index contributed by atoms with van der Waals surface area (Å²) in [7, 11) is 3.44. The van der Waals surface area contributed by atoms with E-state index in [-0.39, 0.29) is 12.1 Å². The second-order valence-electron chi connectivity index (χ2n) is 3.61. The summed E-state index contributed by atoms with van der Waals surface area (Å²) in [4.78, 5) is 0. The van der Waals surface area contributed by atoms with Crippen molar-refractivity contribution in [2.24, 2.45) is 5.73 Å². The Kier molecular flexibility index (Phi) is 4.28. The molecule has 6 heteroatoms. The maximum Gasteiger partial charge on any atom is 0.194 e. The molecule has 1 aromatic carbocycles. The summed E-state index contributed by atoms with van der Waals surface area (Å²) in [5, 5.41) is 1.61. The molecule has 0 aromatic heterocycles. The largest absolute Gasteiger partial charge is 0.329 e. The predicted molar refractivity (Wildman–Crippen MR) is 54.9 cm³/mol. The zero-order valence-corrected chi connectivity index (χ0v) is 9.10. The number of hydrogen-bond donors (Lipinski definition) is 2. The Morgan fingerprint density at radius 3 is 2.12 bits per heavy atom. The fourth-order valence-electron chi connectivity index (χ4n) is 1.35. The third-order valence-corrected chi connectivity index (χ3v) is 2.06. The first-order chi connectivity index (χ1) is 7.45. The van der Waals surface area contributed by atoms with Crippen molar-refractivity contribution < 1.29 is 13.2 Å². The van der Waals surface area contributed by atoms with Crippen molar-refractivity contribution in [1.82, 2.24) is 10.4 Å². The van der Waals surface area contributed by atoms with Gasteiger partial charge in [-0.2, -0.15) is 0 Å². The van der Waals surface area contributed by atoms with Gasteiger partial charge in [0.2, 0.25) is 0 Å². The fourth-order valence-corrected chi connectivity index (χ4v) is 1.35. The lowest BCUT2D eigenvalue weighted by Gasteiger charge is -2.22. The second kappa shape index (κ2) is 5.29. The molecule has 0 aliphatic rings. The van der Waals surface area contributed by atoms with Crippen LogP contribution in [0, 0.1) is 17.5 Å². The van der Waals surface area contributed by atoms with Crippen LogP contribution in [0.3, 0.4) is 0 Å². The summed E-state index contributed by atoms with van der Waals surface area (Å²) in [6.45, 7) is 0.142. The maximum atomic E-state index is 13.0. The molecule has 1 aromatic rings. The van der Waals surface area contributed by atoms with Crippen LogP contribution >= 0.6 is 0 Å². The molecule has 0 aliphatic carbocycles. The molecule has 1 rings (SSSR count). The van der Waals surface area contributed by atoms with Crippen LogP contribution in [-0.2, 0) is 0 Å². The van der Waals surface area contributed by atoms with E-state index in [1.807, 2.05) is 0 Å². The molecule has 3 N–H and O–H groups in total. The van der Waals surface area contributed by atoms with E-state index in [1.54, 1.807) is 19.1 Å². The molecule has 0 amide bonds. The van der Waals surface area contributed by atoms with Crippen molar-refractivity contribution in [3.8, 4) is 0 Å². The molecule has 16 heavy (non-hydrogen) atoms. The number of halogens is 3. The van der Waals surface area contributed by atoms with Crippen LogP contribution < -0.4 is 11.2 Å². The summed E-state index contributed by atoms with van der Waals surface area (Å²) >= 11 is 0. The number of nitrogens with zero attached hydrogens (tertiary/aromatic N) is 1. The Morgan fingerprint density at radius 1 is 1.25 bits per heavy atom. The van der Waals surface area contributed by atoms with E-state index in [4.69, 9.17) is 5.73 Å². The number of hydrogen-bond acceptors (Lipinski definition) is 3. The maximum absolute atomic E-state index is 13.0. The van der Waals surface area contributed by atoms with Gasteiger partial charge in [-0.3, -0.25) is 0 Å². The highest BCUT2D eigenvalue weighted by atomic mass is 19.2. The Morgan fingerprint density at radius 2 is 1.75 bits per heavy atom. The van der Waals surface area contributed by atoms with E-state index < -0.39 is 23.5 Å². The summed E-state index contributed by atoms with van der Waals surface area (Å²) in [6.07, 6.45) is 0. The van der Waals surface area contributed by atoms with Gasteiger partial charge in [0.15, 0.2) is 17.5 Å². The topological polar surface area (TPSA) is 41.3 Å². The smallest absolute Gasteiger partial charge is 0.194 e. The first kappa shape index (κ1) is 13.0. The molecule has 0 fully saturated rings. The van der Waals surface area contributed by atoms with Gasteiger partial charge >= 0.3 is 0 Å². The van der Waals surface area contributed by atoms with Crippen molar-refractivity contribution >= 4 is 0 Å². The molecule has 1 unspecified atom stereocenters. The van der Waals surface area contributed by atoms with Crippen LogP contribution in [0.4, 0.5) is 13.2 Å². The first-order valence-electron chi connectivity index (χ1n) is 4.73. The Balaban J connectivity index is 3.01. The van der Waals surface area contributed by atoms with Gasteiger partial charge in [-0.05, 0) is 17.7 Å². The van der Waals surface area contributed by atoms with E-state index in [9.17, 15) is 13.2 Å². The minimum atomic E-state index is -1.47. The van der Waals surface area contributed by atoms with Crippen LogP contribution in [0.2, 0.25) is 0 Å². The predicted octanol–water partition coefficient (Wildman–Crippen LogP) is 1.17. The average Bonchev–Trinajstić information content (AvgIpc) is 2.21. The highest BCUT2D eigenvalue weighted by Crippen LogP contribution is 2.18. The lowest BCUT2D eigenvalue weighted by molar-refractivity contribution is 0.244. The first-order valence-corrected chi connectivity index (χ1v) is 4.73. The zero-order valence-electron chi connectivity index (χ0n) is 9.10. The van der Waals surface area contributed by atoms with Crippen LogP contribution in [0.25, 0.3) is 0 Å². The van der Waals surface area contributed by atoms with Gasteiger partial charge in [0.1, 0.15) is 0 Å². The molecule has 0 radical (unpaired) electrons. The number of nitrogens with one attached hydrogen (secondary N) is 1. The van der Waals surface area contributed by atoms with Gasteiger partial charge in [-0.15, -0.1) is 0 Å². The van der Waals surface area contributed by atoms with Crippen molar-refractivity contribution in [2.75, 3.05) is 20.6 Å². The Hall–Kier alpha value is -1.11. The molecule has 0 aliphatic heterocycles. The van der Waals surface area contributed by atoms with Gasteiger partial charge in [-0.1, -0.05) is 0 Å². The normalized spacial score (nSPS) is 13.2. The van der Waals surface area contributed by atoms with Gasteiger partial charge in [0, 0.05) is 20.6 Å². The van der Waals surface area contributed by atoms with Crippen molar-refractivity contribution in [2.45, 2.75) is 6.04 Å². The molecule has 0 spiro atoms. The van der Waals surface area contributed by atoms with Crippen molar-refractivity contribution in [3.63, 3.8) is 0 Å². The molecule has 90 valence electrons. The zero-order chi connectivity index (χ0) is 12.3. The van der Waals surface area contributed by atoms with Crippen molar-refractivity contribution in [3.05, 3.63) is 35.1 Å².